The molecular formula is C7H12N2. The summed E-state index contributed by atoms with van der Waals surface area (Å²) < 4.78 is 0. The molecule has 1 atom stereocenters. The maximum atomic E-state index is 3.68. The van der Waals surface area contributed by atoms with Crippen LogP contribution in [0, 0.1) is 0 Å². The van der Waals surface area contributed by atoms with E-state index < -0.39 is 0 Å². The smallest absolute Gasteiger partial charge is 0.102 e. The summed E-state index contributed by atoms with van der Waals surface area (Å²) in [7, 11) is 2.05. The van der Waals surface area contributed by atoms with Gasteiger partial charge in [0.15, 0.2) is 0 Å². The van der Waals surface area contributed by atoms with Crippen molar-refractivity contribution in [2.45, 2.75) is 13.1 Å². The lowest BCUT2D eigenvalue weighted by Gasteiger charge is -2.23. The maximum Gasteiger partial charge on any atom is 0.102 e. The van der Waals surface area contributed by atoms with Gasteiger partial charge in [0.05, 0.1) is 0 Å². The lowest BCUT2D eigenvalue weighted by atomic mass is 10.5. The van der Waals surface area contributed by atoms with Crippen molar-refractivity contribution in [1.29, 1.82) is 0 Å². The second-order valence-corrected chi connectivity index (χ2v) is 2.23. The van der Waals surface area contributed by atoms with Crippen LogP contribution >= 0.6 is 0 Å². The molecule has 2 nitrogen and oxygen atoms in total. The Morgan fingerprint density at radius 1 is 1.56 bits per heavy atom. The second-order valence-electron chi connectivity index (χ2n) is 2.23. The van der Waals surface area contributed by atoms with Crippen LogP contribution in [0.4, 0.5) is 0 Å². The van der Waals surface area contributed by atoms with Crippen LogP contribution < -0.4 is 0 Å². The molecule has 9 heavy (non-hydrogen) atoms. The van der Waals surface area contributed by atoms with E-state index in [0.717, 1.165) is 0 Å². The van der Waals surface area contributed by atoms with Crippen LogP contribution in [0.5, 0.6) is 0 Å². The Morgan fingerprint density at radius 3 is 2.44 bits per heavy atom. The first-order valence-corrected chi connectivity index (χ1v) is 3.06. The zero-order valence-corrected chi connectivity index (χ0v) is 5.91. The maximum absolute atomic E-state index is 3.68. The summed E-state index contributed by atoms with van der Waals surface area (Å²) in [5.74, 6) is 0. The van der Waals surface area contributed by atoms with Crippen LogP contribution in [0.1, 0.15) is 6.92 Å². The van der Waals surface area contributed by atoms with Crippen molar-refractivity contribution in [2.24, 2.45) is 0 Å². The molecule has 0 aliphatic carbocycles. The molecule has 0 amide bonds. The molecule has 1 aliphatic heterocycles. The van der Waals surface area contributed by atoms with Crippen molar-refractivity contribution < 1.29 is 0 Å². The number of rotatable bonds is 1. The molecule has 0 aromatic carbocycles. The zero-order chi connectivity index (χ0) is 6.85. The first kappa shape index (κ1) is 6.20. The molecule has 0 saturated heterocycles. The Hall–Kier alpha value is -0.920. The molecule has 2 heteroatoms. The highest BCUT2D eigenvalue weighted by Crippen LogP contribution is 2.11. The van der Waals surface area contributed by atoms with E-state index in [9.17, 15) is 0 Å². The minimum Gasteiger partial charge on any atom is -0.359 e. The van der Waals surface area contributed by atoms with Crippen molar-refractivity contribution >= 4 is 0 Å². The van der Waals surface area contributed by atoms with Gasteiger partial charge in [0, 0.05) is 19.4 Å². The normalized spacial score (nSPS) is 25.3. The van der Waals surface area contributed by atoms with Crippen LogP contribution in [-0.4, -0.2) is 23.0 Å². The monoisotopic (exact) mass is 124 g/mol. The molecule has 1 aliphatic rings. The van der Waals surface area contributed by atoms with E-state index in [1.165, 1.54) is 0 Å². The van der Waals surface area contributed by atoms with Crippen LogP contribution in [0.25, 0.3) is 0 Å². The molecule has 0 aromatic heterocycles. The molecule has 0 aromatic rings. The topological polar surface area (TPSA) is 6.48 Å². The predicted molar refractivity (Wildman–Crippen MR) is 38.4 cm³/mol. The van der Waals surface area contributed by atoms with Gasteiger partial charge in [-0.3, -0.25) is 0 Å². The van der Waals surface area contributed by atoms with E-state index in [4.69, 9.17) is 0 Å². The highest BCUT2D eigenvalue weighted by atomic mass is 15.4. The zero-order valence-electron chi connectivity index (χ0n) is 5.91. The highest BCUT2D eigenvalue weighted by molar-refractivity contribution is 4.97. The van der Waals surface area contributed by atoms with Crippen molar-refractivity contribution in [3.05, 3.63) is 25.2 Å². The molecule has 0 bridgehead atoms. The summed E-state index contributed by atoms with van der Waals surface area (Å²) in [5, 5.41) is 0. The summed E-state index contributed by atoms with van der Waals surface area (Å²) in [6.45, 7) is 5.80. The Labute approximate surface area is 56.1 Å². The predicted octanol–water partition coefficient (Wildman–Crippen LogP) is 1.19. The molecule has 1 unspecified atom stereocenters. The molecule has 0 spiro atoms. The molecule has 50 valence electrons. The fourth-order valence-corrected chi connectivity index (χ4v) is 0.855. The van der Waals surface area contributed by atoms with Gasteiger partial charge < -0.3 is 9.80 Å². The molecule has 0 N–H and O–H groups in total. The van der Waals surface area contributed by atoms with Crippen LogP contribution in [0.15, 0.2) is 25.2 Å². The molecular weight excluding hydrogens is 112 g/mol. The molecule has 1 heterocycles. The largest absolute Gasteiger partial charge is 0.359 e. The van der Waals surface area contributed by atoms with E-state index in [1.54, 1.807) is 0 Å². The summed E-state index contributed by atoms with van der Waals surface area (Å²) in [4.78, 5) is 4.18. The van der Waals surface area contributed by atoms with Crippen LogP contribution in [0.3, 0.4) is 0 Å². The average molecular weight is 124 g/mol. The Balaban J connectivity index is 2.61. The second kappa shape index (κ2) is 2.13. The van der Waals surface area contributed by atoms with Gasteiger partial charge in [0.1, 0.15) is 6.17 Å². The van der Waals surface area contributed by atoms with Gasteiger partial charge in [0.25, 0.3) is 0 Å². The van der Waals surface area contributed by atoms with Crippen LogP contribution in [0.2, 0.25) is 0 Å². The fraction of sp³-hybridized carbons (Fsp3) is 0.429. The van der Waals surface area contributed by atoms with Gasteiger partial charge in [-0.1, -0.05) is 6.58 Å². The Kier molecular flexibility index (Phi) is 1.47. The summed E-state index contributed by atoms with van der Waals surface area (Å²) in [6, 6.07) is 0. The van der Waals surface area contributed by atoms with Crippen molar-refractivity contribution in [3.8, 4) is 0 Å². The van der Waals surface area contributed by atoms with Gasteiger partial charge in [-0.15, -0.1) is 0 Å². The van der Waals surface area contributed by atoms with Crippen molar-refractivity contribution in [3.63, 3.8) is 0 Å². The molecule has 0 saturated carbocycles. The van der Waals surface area contributed by atoms with Crippen molar-refractivity contribution in [1.82, 2.24) is 9.80 Å². The molecule has 0 fully saturated rings. The minimum atomic E-state index is 0.433. The quantitative estimate of drug-likeness (QED) is 0.518. The molecule has 1 rings (SSSR count). The van der Waals surface area contributed by atoms with E-state index in [0.29, 0.717) is 6.17 Å². The van der Waals surface area contributed by atoms with Gasteiger partial charge in [0.2, 0.25) is 0 Å². The SMILES string of the molecule is C=CN1C=CN(C)C1C. The third kappa shape index (κ3) is 0.922. The van der Waals surface area contributed by atoms with E-state index in [1.807, 2.05) is 25.6 Å². The number of hydrogen-bond donors (Lipinski definition) is 0. The van der Waals surface area contributed by atoms with Gasteiger partial charge in [-0.25, -0.2) is 0 Å². The van der Waals surface area contributed by atoms with E-state index >= 15 is 0 Å². The first-order valence-electron chi connectivity index (χ1n) is 3.06. The van der Waals surface area contributed by atoms with E-state index in [-0.39, 0.29) is 0 Å². The summed E-state index contributed by atoms with van der Waals surface area (Å²) in [6.07, 6.45) is 6.30. The third-order valence-electron chi connectivity index (χ3n) is 1.71. The third-order valence-corrected chi connectivity index (χ3v) is 1.71. The Bertz CT molecular complexity index is 140. The van der Waals surface area contributed by atoms with E-state index in [2.05, 4.69) is 23.3 Å². The lowest BCUT2D eigenvalue weighted by molar-refractivity contribution is 0.247. The standard InChI is InChI=1S/C7H12N2/c1-4-9-6-5-8(3)7(9)2/h4-7H,1H2,2-3H3. The summed E-state index contributed by atoms with van der Waals surface area (Å²) in [5.41, 5.74) is 0. The van der Waals surface area contributed by atoms with Gasteiger partial charge in [-0.05, 0) is 13.1 Å². The Morgan fingerprint density at radius 2 is 2.22 bits per heavy atom. The van der Waals surface area contributed by atoms with Gasteiger partial charge in [-0.2, -0.15) is 0 Å². The minimum absolute atomic E-state index is 0.433. The molecule has 0 radical (unpaired) electrons. The number of nitrogens with zero attached hydrogens (tertiary/aromatic N) is 2. The van der Waals surface area contributed by atoms with Crippen molar-refractivity contribution in [2.75, 3.05) is 7.05 Å². The summed E-state index contributed by atoms with van der Waals surface area (Å²) >= 11 is 0. The average Bonchev–Trinajstić information content (AvgIpc) is 2.15. The van der Waals surface area contributed by atoms with Crippen LogP contribution in [-0.2, 0) is 0 Å². The lowest BCUT2D eigenvalue weighted by Crippen LogP contribution is -2.29. The number of hydrogen-bond acceptors (Lipinski definition) is 2. The van der Waals surface area contributed by atoms with Gasteiger partial charge >= 0.3 is 0 Å². The highest BCUT2D eigenvalue weighted by Gasteiger charge is 2.14. The first-order chi connectivity index (χ1) is 4.25. The fourth-order valence-electron chi connectivity index (χ4n) is 0.855.